The molecule has 1 N–H and O–H groups in total. The van der Waals surface area contributed by atoms with Gasteiger partial charge in [-0.15, -0.1) is 10.2 Å². The van der Waals surface area contributed by atoms with E-state index < -0.39 is 12.5 Å². The summed E-state index contributed by atoms with van der Waals surface area (Å²) in [5, 5.41) is 11.1. The average molecular weight is 484 g/mol. The van der Waals surface area contributed by atoms with Crippen LogP contribution in [0.2, 0.25) is 0 Å². The van der Waals surface area contributed by atoms with Crippen molar-refractivity contribution in [3.05, 3.63) is 22.4 Å². The van der Waals surface area contributed by atoms with Gasteiger partial charge in [0.05, 0.1) is 5.69 Å². The van der Waals surface area contributed by atoms with Gasteiger partial charge in [0.2, 0.25) is 17.7 Å². The Morgan fingerprint density at radius 1 is 1.30 bits per heavy atom. The molecule has 1 aliphatic carbocycles. The zero-order valence-corrected chi connectivity index (χ0v) is 19.9. The second-order valence-electron chi connectivity index (χ2n) is 9.20. The first-order valence-corrected chi connectivity index (χ1v) is 12.3. The van der Waals surface area contributed by atoms with Crippen molar-refractivity contribution in [1.29, 1.82) is 0 Å². The predicted molar refractivity (Wildman–Crippen MR) is 118 cm³/mol. The maximum absolute atomic E-state index is 13.0. The van der Waals surface area contributed by atoms with Crippen molar-refractivity contribution in [2.45, 2.75) is 77.3 Å². The summed E-state index contributed by atoms with van der Waals surface area (Å²) in [6.07, 6.45) is 6.30. The average Bonchev–Trinajstić information content (AvgIpc) is 3.36. The minimum Gasteiger partial charge on any atom is -0.464 e. The first-order chi connectivity index (χ1) is 15.7. The Morgan fingerprint density at radius 3 is 2.79 bits per heavy atom. The number of aryl methyl sites for hydroxylation is 1. The number of hydrogen-bond acceptors (Lipinski definition) is 8. The van der Waals surface area contributed by atoms with Crippen molar-refractivity contribution in [3.63, 3.8) is 0 Å². The highest BCUT2D eigenvalue weighted by Gasteiger charge is 2.27. The van der Waals surface area contributed by atoms with Crippen molar-refractivity contribution in [2.75, 3.05) is 19.7 Å². The van der Waals surface area contributed by atoms with Crippen molar-refractivity contribution >= 4 is 17.2 Å². The number of ether oxygens (including phenoxy) is 1. The monoisotopic (exact) mass is 483 g/mol. The normalized spacial score (nSPS) is 21.6. The van der Waals surface area contributed by atoms with E-state index >= 15 is 0 Å². The van der Waals surface area contributed by atoms with E-state index in [1.54, 1.807) is 6.92 Å². The van der Waals surface area contributed by atoms with E-state index in [-0.39, 0.29) is 18.4 Å². The smallest absolute Gasteiger partial charge is 0.278 e. The number of rotatable bonds is 9. The number of halogens is 2. The molecule has 0 aromatic carbocycles. The van der Waals surface area contributed by atoms with E-state index in [0.29, 0.717) is 22.9 Å². The molecule has 1 fully saturated rings. The fraction of sp³-hybridized carbons (Fsp3) is 0.727. The lowest BCUT2D eigenvalue weighted by atomic mass is 9.84. The molecular formula is C22H31F2N5O3S. The van der Waals surface area contributed by atoms with Crippen molar-refractivity contribution in [2.24, 2.45) is 5.92 Å². The number of hydrogen-bond donors (Lipinski definition) is 1. The van der Waals surface area contributed by atoms with Gasteiger partial charge in [-0.25, -0.2) is 13.8 Å². The largest absolute Gasteiger partial charge is 0.464 e. The van der Waals surface area contributed by atoms with Gasteiger partial charge in [0.15, 0.2) is 6.61 Å². The fourth-order valence-corrected chi connectivity index (χ4v) is 5.36. The Balaban J connectivity index is 1.15. The lowest BCUT2D eigenvalue weighted by molar-refractivity contribution is -0.121. The number of aromatic nitrogens is 3. The molecule has 0 atom stereocenters. The summed E-state index contributed by atoms with van der Waals surface area (Å²) in [6, 6.07) is 0.208. The molecule has 1 aliphatic heterocycles. The minimum atomic E-state index is -2.85. The Bertz CT molecular complexity index is 937. The number of carbonyl (C=O) groups is 1. The third-order valence-electron chi connectivity index (χ3n) is 6.18. The summed E-state index contributed by atoms with van der Waals surface area (Å²) in [5.74, 6) is -1.45. The zero-order chi connectivity index (χ0) is 23.4. The van der Waals surface area contributed by atoms with Crippen LogP contribution in [0.4, 0.5) is 8.78 Å². The highest BCUT2D eigenvalue weighted by Crippen LogP contribution is 2.32. The Labute approximate surface area is 196 Å². The van der Waals surface area contributed by atoms with E-state index in [2.05, 4.69) is 25.4 Å². The van der Waals surface area contributed by atoms with Gasteiger partial charge >= 0.3 is 0 Å². The van der Waals surface area contributed by atoms with Gasteiger partial charge in [0, 0.05) is 37.9 Å². The summed E-state index contributed by atoms with van der Waals surface area (Å²) in [6.45, 7) is 4.62. The van der Waals surface area contributed by atoms with Gasteiger partial charge in [-0.2, -0.15) is 0 Å². The van der Waals surface area contributed by atoms with E-state index in [1.807, 2.05) is 0 Å². The van der Waals surface area contributed by atoms with E-state index in [4.69, 9.17) is 9.15 Å². The standard InChI is InChI=1S/C22H31F2N5O3S/c1-14-27-28-20(32-14)11-19(30)25-16-5-3-15(4-6-16)7-9-29-10-8-18-17(12-29)26-21(33-18)31-13-22(2,23)24/h15-16H,3-13H2,1-2H3,(H,25,30)/t15-,16-. The summed E-state index contributed by atoms with van der Waals surface area (Å²) >= 11 is 1.39. The molecule has 33 heavy (non-hydrogen) atoms. The number of carbonyl (C=O) groups excluding carboxylic acids is 1. The number of fused-ring (bicyclic) bond motifs is 1. The van der Waals surface area contributed by atoms with Crippen molar-refractivity contribution < 1.29 is 22.7 Å². The first kappa shape index (κ1) is 24.0. The second kappa shape index (κ2) is 10.4. The molecule has 0 unspecified atom stereocenters. The molecule has 8 nitrogen and oxygen atoms in total. The van der Waals surface area contributed by atoms with Crippen LogP contribution >= 0.6 is 11.3 Å². The summed E-state index contributed by atoms with van der Waals surface area (Å²) in [4.78, 5) is 20.2. The van der Waals surface area contributed by atoms with Crippen molar-refractivity contribution in [3.8, 4) is 5.19 Å². The zero-order valence-electron chi connectivity index (χ0n) is 19.1. The second-order valence-corrected chi connectivity index (χ2v) is 10.2. The van der Waals surface area contributed by atoms with Crippen LogP contribution in [-0.4, -0.2) is 57.6 Å². The van der Waals surface area contributed by atoms with Crippen LogP contribution in [-0.2, 0) is 24.2 Å². The van der Waals surface area contributed by atoms with Gasteiger partial charge in [-0.3, -0.25) is 9.69 Å². The molecule has 0 bridgehead atoms. The minimum absolute atomic E-state index is 0.0690. The van der Waals surface area contributed by atoms with E-state index in [9.17, 15) is 13.6 Å². The van der Waals surface area contributed by atoms with Crippen molar-refractivity contribution in [1.82, 2.24) is 25.4 Å². The van der Waals surface area contributed by atoms with Crippen LogP contribution in [0.25, 0.3) is 0 Å². The maximum atomic E-state index is 13.0. The van der Waals surface area contributed by atoms with E-state index in [1.165, 1.54) is 11.3 Å². The summed E-state index contributed by atoms with van der Waals surface area (Å²) < 4.78 is 36.5. The molecule has 1 saturated carbocycles. The molecule has 182 valence electrons. The quantitative estimate of drug-likeness (QED) is 0.583. The molecule has 0 radical (unpaired) electrons. The summed E-state index contributed by atoms with van der Waals surface area (Å²) in [7, 11) is 0. The van der Waals surface area contributed by atoms with Gasteiger partial charge in [0.25, 0.3) is 11.1 Å². The molecule has 11 heteroatoms. The van der Waals surface area contributed by atoms with E-state index in [0.717, 1.165) is 75.7 Å². The Hall–Kier alpha value is -2.14. The Morgan fingerprint density at radius 2 is 2.09 bits per heavy atom. The molecule has 4 rings (SSSR count). The van der Waals surface area contributed by atoms with Gasteiger partial charge in [0.1, 0.15) is 6.42 Å². The Kier molecular flexibility index (Phi) is 7.58. The molecule has 3 heterocycles. The third kappa shape index (κ3) is 7.17. The highest BCUT2D eigenvalue weighted by molar-refractivity contribution is 7.13. The molecule has 1 amide bonds. The van der Waals surface area contributed by atoms with Crippen LogP contribution in [0.5, 0.6) is 5.19 Å². The lowest BCUT2D eigenvalue weighted by Gasteiger charge is -2.31. The molecular weight excluding hydrogens is 452 g/mol. The van der Waals surface area contributed by atoms with Crippen LogP contribution in [0.1, 0.15) is 61.4 Å². The molecule has 2 aromatic heterocycles. The molecule has 2 aromatic rings. The molecule has 2 aliphatic rings. The first-order valence-electron chi connectivity index (χ1n) is 11.5. The van der Waals surface area contributed by atoms with Gasteiger partial charge in [-0.05, 0) is 51.0 Å². The molecule has 0 spiro atoms. The van der Waals surface area contributed by atoms with Gasteiger partial charge < -0.3 is 14.5 Å². The molecule has 0 saturated heterocycles. The summed E-state index contributed by atoms with van der Waals surface area (Å²) in [5.41, 5.74) is 0.962. The fourth-order valence-electron chi connectivity index (χ4n) is 4.46. The lowest BCUT2D eigenvalue weighted by Crippen LogP contribution is -2.39. The number of nitrogens with one attached hydrogen (secondary N) is 1. The highest BCUT2D eigenvalue weighted by atomic mass is 32.1. The number of nitrogens with zero attached hydrogens (tertiary/aromatic N) is 4. The maximum Gasteiger partial charge on any atom is 0.278 e. The van der Waals surface area contributed by atoms with Crippen LogP contribution in [0, 0.1) is 12.8 Å². The topological polar surface area (TPSA) is 93.4 Å². The predicted octanol–water partition coefficient (Wildman–Crippen LogP) is 3.53. The van der Waals surface area contributed by atoms with Crippen LogP contribution in [0.15, 0.2) is 4.42 Å². The van der Waals surface area contributed by atoms with Gasteiger partial charge in [-0.1, -0.05) is 11.3 Å². The number of alkyl halides is 2. The number of amides is 1. The van der Waals surface area contributed by atoms with Crippen LogP contribution < -0.4 is 10.1 Å². The number of thiazole rings is 1. The SMILES string of the molecule is Cc1nnc(CC(=O)N[C@H]2CC[C@H](CCN3CCc4sc(OCC(C)(F)F)nc4C3)CC2)o1. The third-order valence-corrected chi connectivity index (χ3v) is 7.25. The van der Waals surface area contributed by atoms with Crippen LogP contribution in [0.3, 0.4) is 0 Å².